The Morgan fingerprint density at radius 3 is 3.19 bits per heavy atom. The Bertz CT molecular complexity index is 422. The molecule has 3 unspecified atom stereocenters. The first kappa shape index (κ1) is 9.72. The number of hydrogen-bond donors (Lipinski definition) is 1. The number of rotatable bonds is 2. The second-order valence-corrected chi connectivity index (χ2v) is 4.40. The topological polar surface area (TPSA) is 64.1 Å². The van der Waals surface area contributed by atoms with E-state index in [9.17, 15) is 4.79 Å². The van der Waals surface area contributed by atoms with Crippen LogP contribution in [0.25, 0.3) is 0 Å². The number of aromatic nitrogens is 2. The molecule has 1 N–H and O–H groups in total. The lowest BCUT2D eigenvalue weighted by atomic mass is 9.92. The third kappa shape index (κ3) is 1.12. The molecular formula is C11H13N3O2. The summed E-state index contributed by atoms with van der Waals surface area (Å²) in [5.74, 6) is 0.310. The molecule has 0 aromatic carbocycles. The third-order valence-electron chi connectivity index (χ3n) is 3.73. The summed E-state index contributed by atoms with van der Waals surface area (Å²) in [7, 11) is 1.42. The largest absolute Gasteiger partial charge is 0.468 e. The van der Waals surface area contributed by atoms with Gasteiger partial charge in [-0.25, -0.2) is 9.97 Å². The standard InChI is InChI=1S/C11H13N3O2/c1-16-10(15)9-11(4-7(11)5-13-9)8-2-3-12-6-14-8/h2-3,6-7,9,13H,4-5H2,1H3. The summed E-state index contributed by atoms with van der Waals surface area (Å²) in [6.07, 6.45) is 4.27. The van der Waals surface area contributed by atoms with Gasteiger partial charge in [0.25, 0.3) is 0 Å². The fraction of sp³-hybridized carbons (Fsp3) is 0.545. The minimum atomic E-state index is -0.252. The van der Waals surface area contributed by atoms with Crippen LogP contribution in [0.4, 0.5) is 0 Å². The van der Waals surface area contributed by atoms with Crippen molar-refractivity contribution in [3.8, 4) is 0 Å². The third-order valence-corrected chi connectivity index (χ3v) is 3.73. The van der Waals surface area contributed by atoms with Crippen molar-refractivity contribution in [2.24, 2.45) is 5.92 Å². The average molecular weight is 219 g/mol. The van der Waals surface area contributed by atoms with E-state index in [1.807, 2.05) is 6.07 Å². The number of carbonyl (C=O) groups is 1. The van der Waals surface area contributed by atoms with Crippen molar-refractivity contribution in [1.82, 2.24) is 15.3 Å². The molecule has 0 bridgehead atoms. The van der Waals surface area contributed by atoms with Crippen LogP contribution in [0.2, 0.25) is 0 Å². The Balaban J connectivity index is 1.97. The first-order valence-corrected chi connectivity index (χ1v) is 5.37. The van der Waals surface area contributed by atoms with Crippen LogP contribution in [-0.4, -0.2) is 35.6 Å². The van der Waals surface area contributed by atoms with E-state index in [-0.39, 0.29) is 17.4 Å². The van der Waals surface area contributed by atoms with Gasteiger partial charge in [0.1, 0.15) is 12.4 Å². The molecule has 5 heteroatoms. The number of nitrogens with one attached hydrogen (secondary N) is 1. The van der Waals surface area contributed by atoms with Gasteiger partial charge >= 0.3 is 5.97 Å². The lowest BCUT2D eigenvalue weighted by molar-refractivity contribution is -0.143. The molecule has 1 saturated carbocycles. The van der Waals surface area contributed by atoms with Crippen molar-refractivity contribution >= 4 is 5.97 Å². The van der Waals surface area contributed by atoms with E-state index in [0.29, 0.717) is 5.92 Å². The first-order valence-electron chi connectivity index (χ1n) is 5.37. The van der Waals surface area contributed by atoms with Crippen LogP contribution in [0.3, 0.4) is 0 Å². The molecule has 1 aliphatic carbocycles. The second-order valence-electron chi connectivity index (χ2n) is 4.40. The van der Waals surface area contributed by atoms with Crippen LogP contribution >= 0.6 is 0 Å². The van der Waals surface area contributed by atoms with Crippen molar-refractivity contribution in [2.75, 3.05) is 13.7 Å². The maximum Gasteiger partial charge on any atom is 0.323 e. The minimum absolute atomic E-state index is 0.143. The summed E-state index contributed by atoms with van der Waals surface area (Å²) in [6.45, 7) is 0.865. The van der Waals surface area contributed by atoms with Crippen molar-refractivity contribution < 1.29 is 9.53 Å². The molecule has 0 radical (unpaired) electrons. The highest BCUT2D eigenvalue weighted by Gasteiger charge is 2.67. The highest BCUT2D eigenvalue weighted by molar-refractivity contribution is 5.80. The molecule has 0 amide bonds. The number of esters is 1. The Hall–Kier alpha value is -1.49. The Morgan fingerprint density at radius 1 is 1.69 bits per heavy atom. The van der Waals surface area contributed by atoms with Crippen LogP contribution in [0.15, 0.2) is 18.6 Å². The minimum Gasteiger partial charge on any atom is -0.468 e. The van der Waals surface area contributed by atoms with E-state index in [1.165, 1.54) is 13.4 Å². The van der Waals surface area contributed by atoms with Crippen LogP contribution in [0.1, 0.15) is 12.1 Å². The van der Waals surface area contributed by atoms with Gasteiger partial charge in [-0.2, -0.15) is 0 Å². The second kappa shape index (κ2) is 3.25. The molecule has 2 aliphatic rings. The van der Waals surface area contributed by atoms with E-state index in [0.717, 1.165) is 18.7 Å². The normalized spacial score (nSPS) is 35.6. The highest BCUT2D eigenvalue weighted by Crippen LogP contribution is 2.59. The number of nitrogens with zero attached hydrogens (tertiary/aromatic N) is 2. The molecule has 1 aromatic rings. The Labute approximate surface area is 93.2 Å². The maximum absolute atomic E-state index is 11.7. The van der Waals surface area contributed by atoms with Gasteiger partial charge in [-0.05, 0) is 24.9 Å². The van der Waals surface area contributed by atoms with E-state index in [2.05, 4.69) is 15.3 Å². The van der Waals surface area contributed by atoms with Crippen LogP contribution in [0, 0.1) is 5.92 Å². The summed E-state index contributed by atoms with van der Waals surface area (Å²) in [6, 6.07) is 1.64. The van der Waals surface area contributed by atoms with Gasteiger partial charge in [-0.15, -0.1) is 0 Å². The molecule has 1 aliphatic heterocycles. The molecule has 16 heavy (non-hydrogen) atoms. The van der Waals surface area contributed by atoms with Gasteiger partial charge in [-0.1, -0.05) is 0 Å². The Kier molecular flexibility index (Phi) is 1.97. The fourth-order valence-electron chi connectivity index (χ4n) is 2.84. The molecular weight excluding hydrogens is 206 g/mol. The molecule has 5 nitrogen and oxygen atoms in total. The van der Waals surface area contributed by atoms with E-state index >= 15 is 0 Å². The van der Waals surface area contributed by atoms with Gasteiger partial charge in [-0.3, -0.25) is 4.79 Å². The van der Waals surface area contributed by atoms with Crippen molar-refractivity contribution in [2.45, 2.75) is 17.9 Å². The smallest absolute Gasteiger partial charge is 0.323 e. The summed E-state index contributed by atoms with van der Waals surface area (Å²) >= 11 is 0. The molecule has 2 fully saturated rings. The van der Waals surface area contributed by atoms with E-state index in [4.69, 9.17) is 4.74 Å². The van der Waals surface area contributed by atoms with Gasteiger partial charge in [0.05, 0.1) is 12.8 Å². The molecule has 3 atom stereocenters. The maximum atomic E-state index is 11.7. The Morgan fingerprint density at radius 2 is 2.56 bits per heavy atom. The van der Waals surface area contributed by atoms with Gasteiger partial charge in [0, 0.05) is 11.6 Å². The van der Waals surface area contributed by atoms with Gasteiger partial charge < -0.3 is 10.1 Å². The van der Waals surface area contributed by atoms with Crippen LogP contribution in [-0.2, 0) is 14.9 Å². The van der Waals surface area contributed by atoms with Crippen molar-refractivity contribution in [1.29, 1.82) is 0 Å². The lowest BCUT2D eigenvalue weighted by Crippen LogP contribution is -2.42. The summed E-state index contributed by atoms with van der Waals surface area (Å²) in [4.78, 5) is 19.9. The summed E-state index contributed by atoms with van der Waals surface area (Å²) in [5.41, 5.74) is 0.809. The average Bonchev–Trinajstić information content (AvgIpc) is 2.97. The molecule has 0 spiro atoms. The SMILES string of the molecule is COC(=O)C1NCC2CC21c1ccncn1. The summed E-state index contributed by atoms with van der Waals surface area (Å²) in [5, 5.41) is 3.21. The van der Waals surface area contributed by atoms with Crippen LogP contribution < -0.4 is 5.32 Å². The number of hydrogen-bond acceptors (Lipinski definition) is 5. The lowest BCUT2D eigenvalue weighted by Gasteiger charge is -2.20. The molecule has 84 valence electrons. The molecule has 1 saturated heterocycles. The first-order chi connectivity index (χ1) is 7.79. The predicted molar refractivity (Wildman–Crippen MR) is 55.6 cm³/mol. The quantitative estimate of drug-likeness (QED) is 0.702. The monoisotopic (exact) mass is 219 g/mol. The summed E-state index contributed by atoms with van der Waals surface area (Å²) < 4.78 is 4.83. The molecule has 2 heterocycles. The van der Waals surface area contributed by atoms with Crippen molar-refractivity contribution in [3.63, 3.8) is 0 Å². The van der Waals surface area contributed by atoms with Crippen LogP contribution in [0.5, 0.6) is 0 Å². The van der Waals surface area contributed by atoms with E-state index in [1.54, 1.807) is 6.20 Å². The zero-order chi connectivity index (χ0) is 11.2. The predicted octanol–water partition coefficient (Wildman–Crippen LogP) is -0.121. The van der Waals surface area contributed by atoms with Crippen molar-refractivity contribution in [3.05, 3.63) is 24.3 Å². The zero-order valence-corrected chi connectivity index (χ0v) is 9.01. The number of methoxy groups -OCH3 is 1. The number of fused-ring (bicyclic) bond motifs is 1. The zero-order valence-electron chi connectivity index (χ0n) is 9.01. The van der Waals surface area contributed by atoms with Gasteiger partial charge in [0.15, 0.2) is 0 Å². The number of ether oxygens (including phenoxy) is 1. The number of carbonyl (C=O) groups excluding carboxylic acids is 1. The molecule has 1 aromatic heterocycles. The fourth-order valence-corrected chi connectivity index (χ4v) is 2.84. The molecule has 3 rings (SSSR count). The van der Waals surface area contributed by atoms with Gasteiger partial charge in [0.2, 0.25) is 0 Å². The highest BCUT2D eigenvalue weighted by atomic mass is 16.5. The van der Waals surface area contributed by atoms with E-state index < -0.39 is 0 Å². The number of piperidine rings is 1.